The summed E-state index contributed by atoms with van der Waals surface area (Å²) in [7, 11) is -6.34. The van der Waals surface area contributed by atoms with Gasteiger partial charge in [-0.1, -0.05) is 6.07 Å². The third kappa shape index (κ3) is 3.62. The van der Waals surface area contributed by atoms with Crippen LogP contribution >= 0.6 is 0 Å². The molecule has 0 fully saturated rings. The first kappa shape index (κ1) is 18.5. The van der Waals surface area contributed by atoms with Gasteiger partial charge in [0.15, 0.2) is 11.5 Å². The molecule has 2 aromatic carbocycles. The van der Waals surface area contributed by atoms with Crippen molar-refractivity contribution in [1.29, 1.82) is 0 Å². The van der Waals surface area contributed by atoms with Crippen LogP contribution < -0.4 is 18.9 Å². The molecule has 0 amide bonds. The van der Waals surface area contributed by atoms with Gasteiger partial charge >= 0.3 is 0 Å². The van der Waals surface area contributed by atoms with Crippen LogP contribution in [0.4, 0.5) is 5.69 Å². The lowest BCUT2D eigenvalue weighted by Crippen LogP contribution is -2.20. The maximum Gasteiger partial charge on any atom is 0.262 e. The van der Waals surface area contributed by atoms with Gasteiger partial charge in [0.1, 0.15) is 13.2 Å². The second kappa shape index (κ2) is 6.78. The molecule has 140 valence electrons. The van der Waals surface area contributed by atoms with E-state index in [1.165, 1.54) is 43.4 Å². The first-order chi connectivity index (χ1) is 12.2. The normalized spacial score (nSPS) is 14.1. The summed E-state index contributed by atoms with van der Waals surface area (Å²) < 4.78 is 64.7. The van der Waals surface area contributed by atoms with Crippen molar-refractivity contribution in [2.24, 2.45) is 0 Å². The predicted octanol–water partition coefficient (Wildman–Crippen LogP) is 1.48. The van der Waals surface area contributed by atoms with E-state index in [9.17, 15) is 16.8 Å². The number of hydrogen-bond donors (Lipinski definition) is 2. The number of rotatable bonds is 5. The van der Waals surface area contributed by atoms with Gasteiger partial charge in [-0.2, -0.15) is 0 Å². The Kier molecular flexibility index (Phi) is 4.82. The molecular formula is C16H18N2O6S2. The first-order valence-corrected chi connectivity index (χ1v) is 10.7. The molecular weight excluding hydrogens is 380 g/mol. The Morgan fingerprint density at radius 1 is 0.885 bits per heavy atom. The summed E-state index contributed by atoms with van der Waals surface area (Å²) in [6.07, 6.45) is 0. The zero-order valence-corrected chi connectivity index (χ0v) is 15.8. The molecule has 0 spiro atoms. The van der Waals surface area contributed by atoms with Crippen LogP contribution in [0.3, 0.4) is 0 Å². The first-order valence-electron chi connectivity index (χ1n) is 7.69. The highest BCUT2D eigenvalue weighted by molar-refractivity contribution is 7.92. The molecule has 0 aromatic heterocycles. The summed E-state index contributed by atoms with van der Waals surface area (Å²) in [6, 6.07) is 8.60. The van der Waals surface area contributed by atoms with E-state index in [0.29, 0.717) is 30.3 Å². The number of hydrogen-bond acceptors (Lipinski definition) is 6. The average Bonchev–Trinajstić information content (AvgIpc) is 2.62. The molecule has 1 heterocycles. The van der Waals surface area contributed by atoms with E-state index in [4.69, 9.17) is 9.47 Å². The molecule has 0 saturated carbocycles. The van der Waals surface area contributed by atoms with Crippen LogP contribution in [0.1, 0.15) is 5.56 Å². The van der Waals surface area contributed by atoms with E-state index in [-0.39, 0.29) is 15.5 Å². The lowest BCUT2D eigenvalue weighted by Gasteiger charge is -2.19. The van der Waals surface area contributed by atoms with Gasteiger partial charge in [-0.3, -0.25) is 4.72 Å². The van der Waals surface area contributed by atoms with Gasteiger partial charge < -0.3 is 9.47 Å². The fourth-order valence-corrected chi connectivity index (χ4v) is 4.53. The van der Waals surface area contributed by atoms with Crippen LogP contribution in [0.2, 0.25) is 0 Å². The van der Waals surface area contributed by atoms with Gasteiger partial charge in [0, 0.05) is 6.07 Å². The molecule has 0 radical (unpaired) electrons. The van der Waals surface area contributed by atoms with Gasteiger partial charge in [0.2, 0.25) is 10.0 Å². The van der Waals surface area contributed by atoms with Crippen LogP contribution in [-0.4, -0.2) is 37.1 Å². The second-order valence-corrected chi connectivity index (χ2v) is 9.14. The quantitative estimate of drug-likeness (QED) is 0.789. The smallest absolute Gasteiger partial charge is 0.262 e. The monoisotopic (exact) mass is 398 g/mol. The predicted molar refractivity (Wildman–Crippen MR) is 95.7 cm³/mol. The Hall–Kier alpha value is -2.30. The van der Waals surface area contributed by atoms with E-state index in [0.717, 1.165) is 0 Å². The second-order valence-electron chi connectivity index (χ2n) is 5.60. The summed E-state index contributed by atoms with van der Waals surface area (Å²) >= 11 is 0. The zero-order chi connectivity index (χ0) is 18.9. The van der Waals surface area contributed by atoms with Crippen LogP contribution in [0.25, 0.3) is 0 Å². The Balaban J connectivity index is 1.94. The lowest BCUT2D eigenvalue weighted by molar-refractivity contribution is 0.171. The van der Waals surface area contributed by atoms with E-state index in [2.05, 4.69) is 9.44 Å². The van der Waals surface area contributed by atoms with Crippen molar-refractivity contribution in [2.45, 2.75) is 16.7 Å². The maximum absolute atomic E-state index is 12.6. The minimum absolute atomic E-state index is 0.00220. The van der Waals surface area contributed by atoms with E-state index < -0.39 is 20.0 Å². The minimum atomic E-state index is -3.93. The van der Waals surface area contributed by atoms with Crippen molar-refractivity contribution in [3.63, 3.8) is 0 Å². The number of nitrogens with one attached hydrogen (secondary N) is 2. The molecule has 1 aliphatic heterocycles. The highest BCUT2D eigenvalue weighted by Gasteiger charge is 2.21. The van der Waals surface area contributed by atoms with Crippen LogP contribution in [0, 0.1) is 6.92 Å². The molecule has 0 bridgehead atoms. The summed E-state index contributed by atoms with van der Waals surface area (Å²) in [6.45, 7) is 2.37. The van der Waals surface area contributed by atoms with Crippen LogP contribution in [0.5, 0.6) is 11.5 Å². The molecule has 2 N–H and O–H groups in total. The van der Waals surface area contributed by atoms with Crippen molar-refractivity contribution >= 4 is 25.7 Å². The van der Waals surface area contributed by atoms with Crippen molar-refractivity contribution in [2.75, 3.05) is 25.0 Å². The maximum atomic E-state index is 12.6. The topological polar surface area (TPSA) is 111 Å². The number of benzene rings is 2. The Morgan fingerprint density at radius 3 is 2.27 bits per heavy atom. The van der Waals surface area contributed by atoms with Gasteiger partial charge in [0.25, 0.3) is 10.0 Å². The SMILES string of the molecule is CNS(=O)(=O)c1cc(NS(=O)(=O)c2ccc3c(c2)OCCO3)ccc1C. The molecule has 1 aliphatic rings. The van der Waals surface area contributed by atoms with Gasteiger partial charge in [-0.25, -0.2) is 21.6 Å². The highest BCUT2D eigenvalue weighted by Crippen LogP contribution is 2.33. The summed E-state index contributed by atoms with van der Waals surface area (Å²) in [5.41, 5.74) is 0.640. The van der Waals surface area contributed by atoms with Gasteiger partial charge in [0.05, 0.1) is 15.5 Å². The fourth-order valence-electron chi connectivity index (χ4n) is 2.47. The minimum Gasteiger partial charge on any atom is -0.486 e. The van der Waals surface area contributed by atoms with E-state index in [1.54, 1.807) is 6.92 Å². The number of ether oxygens (including phenoxy) is 2. The fraction of sp³-hybridized carbons (Fsp3) is 0.250. The van der Waals surface area contributed by atoms with Crippen LogP contribution in [0.15, 0.2) is 46.2 Å². The molecule has 2 aromatic rings. The number of sulfonamides is 2. The average molecular weight is 398 g/mol. The highest BCUT2D eigenvalue weighted by atomic mass is 32.2. The van der Waals surface area contributed by atoms with Crippen molar-refractivity contribution in [3.8, 4) is 11.5 Å². The Morgan fingerprint density at radius 2 is 1.58 bits per heavy atom. The van der Waals surface area contributed by atoms with Crippen molar-refractivity contribution in [3.05, 3.63) is 42.0 Å². The standard InChI is InChI=1S/C16H18N2O6S2/c1-11-3-4-12(9-16(11)26(21,22)17-2)18-25(19,20)13-5-6-14-15(10-13)24-8-7-23-14/h3-6,9-10,17-18H,7-8H2,1-2H3. The molecule has 0 atom stereocenters. The summed E-state index contributed by atoms with van der Waals surface area (Å²) in [4.78, 5) is -0.0114. The van der Waals surface area contributed by atoms with Gasteiger partial charge in [-0.05, 0) is 43.8 Å². The number of aryl methyl sites for hydroxylation is 1. The van der Waals surface area contributed by atoms with Gasteiger partial charge in [-0.15, -0.1) is 0 Å². The third-order valence-electron chi connectivity index (χ3n) is 3.82. The Bertz CT molecular complexity index is 1050. The van der Waals surface area contributed by atoms with Crippen molar-refractivity contribution < 1.29 is 26.3 Å². The zero-order valence-electron chi connectivity index (χ0n) is 14.1. The van der Waals surface area contributed by atoms with Crippen molar-refractivity contribution in [1.82, 2.24) is 4.72 Å². The lowest BCUT2D eigenvalue weighted by atomic mass is 10.2. The molecule has 0 unspecified atom stereocenters. The van der Waals surface area contributed by atoms with Crippen LogP contribution in [-0.2, 0) is 20.0 Å². The largest absolute Gasteiger partial charge is 0.486 e. The van der Waals surface area contributed by atoms with E-state index >= 15 is 0 Å². The summed E-state index contributed by atoms with van der Waals surface area (Å²) in [5, 5.41) is 0. The molecule has 0 saturated heterocycles. The number of fused-ring (bicyclic) bond motifs is 1. The summed E-state index contributed by atoms with van der Waals surface area (Å²) in [5.74, 6) is 0.828. The third-order valence-corrected chi connectivity index (χ3v) is 6.76. The Labute approximate surface area is 152 Å². The number of anilines is 1. The molecule has 10 heteroatoms. The molecule has 26 heavy (non-hydrogen) atoms. The molecule has 3 rings (SSSR count). The van der Waals surface area contributed by atoms with E-state index in [1.807, 2.05) is 0 Å². The molecule has 0 aliphatic carbocycles. The molecule has 8 nitrogen and oxygen atoms in total.